The summed E-state index contributed by atoms with van der Waals surface area (Å²) < 4.78 is 0. The van der Waals surface area contributed by atoms with Crippen molar-refractivity contribution in [1.82, 2.24) is 15.6 Å². The first-order valence-electron chi connectivity index (χ1n) is 7.65. The lowest BCUT2D eigenvalue weighted by Crippen LogP contribution is -2.60. The first-order valence-corrected chi connectivity index (χ1v) is 8.02. The minimum absolute atomic E-state index is 0.00401. The number of rotatable bonds is 1. The summed E-state index contributed by atoms with van der Waals surface area (Å²) in [5, 5.41) is 6.97. The standard InChI is InChI=1S/C16H17ClN4O2/c1-9-8-21(5-3-16(9)14(22)19-15(23)20-16)13-7-10(17)6-12-11(13)2-4-18-12/h2,4,6-7,9,18H,3,5,8H2,1H3,(H2,19,20,22,23). The maximum absolute atomic E-state index is 12.2. The van der Waals surface area contributed by atoms with Crippen LogP contribution in [-0.4, -0.2) is 35.6 Å². The van der Waals surface area contributed by atoms with Crippen LogP contribution in [0, 0.1) is 5.92 Å². The van der Waals surface area contributed by atoms with E-state index in [2.05, 4.69) is 20.5 Å². The van der Waals surface area contributed by atoms with Gasteiger partial charge in [-0.05, 0) is 24.6 Å². The highest BCUT2D eigenvalue weighted by molar-refractivity contribution is 6.31. The normalized spacial score (nSPS) is 27.6. The van der Waals surface area contributed by atoms with Gasteiger partial charge in [0.1, 0.15) is 5.54 Å². The second-order valence-corrected chi connectivity index (χ2v) is 6.78. The van der Waals surface area contributed by atoms with Crippen molar-refractivity contribution in [3.8, 4) is 0 Å². The average molecular weight is 333 g/mol. The molecule has 0 saturated carbocycles. The molecule has 120 valence electrons. The van der Waals surface area contributed by atoms with Crippen LogP contribution in [0.3, 0.4) is 0 Å². The van der Waals surface area contributed by atoms with Gasteiger partial charge in [0.05, 0.1) is 0 Å². The number of nitrogens with zero attached hydrogens (tertiary/aromatic N) is 1. The van der Waals surface area contributed by atoms with Crippen LogP contribution in [-0.2, 0) is 4.79 Å². The Morgan fingerprint density at radius 1 is 1.35 bits per heavy atom. The predicted octanol–water partition coefficient (Wildman–Crippen LogP) is 2.25. The van der Waals surface area contributed by atoms with E-state index < -0.39 is 11.6 Å². The minimum Gasteiger partial charge on any atom is -0.370 e. The molecule has 3 N–H and O–H groups in total. The van der Waals surface area contributed by atoms with E-state index in [9.17, 15) is 9.59 Å². The van der Waals surface area contributed by atoms with Crippen LogP contribution < -0.4 is 15.5 Å². The molecule has 2 aromatic rings. The number of aromatic nitrogens is 1. The quantitative estimate of drug-likeness (QED) is 0.701. The first kappa shape index (κ1) is 14.4. The number of hydrogen-bond acceptors (Lipinski definition) is 3. The highest BCUT2D eigenvalue weighted by atomic mass is 35.5. The molecule has 4 rings (SSSR count). The van der Waals surface area contributed by atoms with E-state index in [-0.39, 0.29) is 11.8 Å². The van der Waals surface area contributed by atoms with Crippen molar-refractivity contribution in [2.45, 2.75) is 18.9 Å². The number of nitrogens with one attached hydrogen (secondary N) is 3. The molecule has 0 bridgehead atoms. The zero-order valence-electron chi connectivity index (χ0n) is 12.6. The lowest BCUT2D eigenvalue weighted by Gasteiger charge is -2.43. The summed E-state index contributed by atoms with van der Waals surface area (Å²) in [5.41, 5.74) is 1.26. The molecule has 2 saturated heterocycles. The van der Waals surface area contributed by atoms with E-state index in [1.807, 2.05) is 31.3 Å². The molecule has 2 aliphatic rings. The van der Waals surface area contributed by atoms with Crippen molar-refractivity contribution >= 4 is 40.1 Å². The Balaban J connectivity index is 1.67. The van der Waals surface area contributed by atoms with Gasteiger partial charge in [-0.3, -0.25) is 10.1 Å². The topological polar surface area (TPSA) is 77.2 Å². The molecule has 2 atom stereocenters. The summed E-state index contributed by atoms with van der Waals surface area (Å²) in [4.78, 5) is 29.1. The number of H-pyrrole nitrogens is 1. The number of imide groups is 1. The van der Waals surface area contributed by atoms with Crippen molar-refractivity contribution in [2.75, 3.05) is 18.0 Å². The fourth-order valence-electron chi connectivity index (χ4n) is 3.76. The van der Waals surface area contributed by atoms with Crippen LogP contribution in [0.5, 0.6) is 0 Å². The van der Waals surface area contributed by atoms with Gasteiger partial charge in [0, 0.05) is 46.8 Å². The van der Waals surface area contributed by atoms with Gasteiger partial charge in [0.25, 0.3) is 5.91 Å². The Morgan fingerprint density at radius 3 is 2.87 bits per heavy atom. The summed E-state index contributed by atoms with van der Waals surface area (Å²) in [6.07, 6.45) is 2.47. The van der Waals surface area contributed by atoms with Crippen molar-refractivity contribution in [3.63, 3.8) is 0 Å². The SMILES string of the molecule is CC1CN(c2cc(Cl)cc3[nH]ccc23)CCC12NC(=O)NC2=O. The summed E-state index contributed by atoms with van der Waals surface area (Å²) in [6.45, 7) is 3.35. The Bertz CT molecular complexity index is 818. The molecule has 0 aliphatic carbocycles. The van der Waals surface area contributed by atoms with Crippen LogP contribution in [0.2, 0.25) is 5.02 Å². The van der Waals surface area contributed by atoms with E-state index in [1.165, 1.54) is 0 Å². The fourth-order valence-corrected chi connectivity index (χ4v) is 3.97. The van der Waals surface area contributed by atoms with Gasteiger partial charge in [-0.15, -0.1) is 0 Å². The molecule has 1 spiro atoms. The number of aromatic amines is 1. The summed E-state index contributed by atoms with van der Waals surface area (Å²) >= 11 is 6.23. The Labute approximate surface area is 138 Å². The number of benzene rings is 1. The second-order valence-electron chi connectivity index (χ2n) is 6.34. The number of carbonyl (C=O) groups excluding carboxylic acids is 2. The smallest absolute Gasteiger partial charge is 0.322 e. The number of hydrogen-bond donors (Lipinski definition) is 3. The average Bonchev–Trinajstić information content (AvgIpc) is 3.06. The van der Waals surface area contributed by atoms with Gasteiger partial charge >= 0.3 is 6.03 Å². The summed E-state index contributed by atoms with van der Waals surface area (Å²) in [6, 6.07) is 5.49. The Morgan fingerprint density at radius 2 is 2.17 bits per heavy atom. The van der Waals surface area contributed by atoms with Gasteiger partial charge < -0.3 is 15.2 Å². The van der Waals surface area contributed by atoms with Gasteiger partial charge in [0.15, 0.2) is 0 Å². The van der Waals surface area contributed by atoms with Crippen molar-refractivity contribution in [3.05, 3.63) is 29.4 Å². The van der Waals surface area contributed by atoms with E-state index in [1.54, 1.807) is 0 Å². The molecule has 1 aromatic heterocycles. The molecular weight excluding hydrogens is 316 g/mol. The zero-order chi connectivity index (χ0) is 16.2. The first-order chi connectivity index (χ1) is 11.0. The molecule has 23 heavy (non-hydrogen) atoms. The zero-order valence-corrected chi connectivity index (χ0v) is 13.4. The van der Waals surface area contributed by atoms with Gasteiger partial charge in [0.2, 0.25) is 0 Å². The second kappa shape index (κ2) is 4.89. The van der Waals surface area contributed by atoms with Crippen LogP contribution in [0.25, 0.3) is 10.9 Å². The molecule has 3 heterocycles. The number of piperidine rings is 1. The molecule has 2 aliphatic heterocycles. The van der Waals surface area contributed by atoms with Crippen LogP contribution >= 0.6 is 11.6 Å². The molecule has 1 aromatic carbocycles. The number of urea groups is 1. The lowest BCUT2D eigenvalue weighted by molar-refractivity contribution is -0.126. The van der Waals surface area contributed by atoms with Crippen molar-refractivity contribution < 1.29 is 9.59 Å². The third-order valence-electron chi connectivity index (χ3n) is 5.03. The fraction of sp³-hybridized carbons (Fsp3) is 0.375. The molecular formula is C16H17ClN4O2. The van der Waals surface area contributed by atoms with Crippen LogP contribution in [0.4, 0.5) is 10.5 Å². The predicted molar refractivity (Wildman–Crippen MR) is 88.7 cm³/mol. The van der Waals surface area contributed by atoms with Crippen LogP contribution in [0.1, 0.15) is 13.3 Å². The molecule has 2 unspecified atom stereocenters. The minimum atomic E-state index is -0.788. The highest BCUT2D eigenvalue weighted by Crippen LogP contribution is 2.37. The monoisotopic (exact) mass is 332 g/mol. The molecule has 6 nitrogen and oxygen atoms in total. The summed E-state index contributed by atoms with van der Waals surface area (Å²) in [5.74, 6) is -0.219. The third-order valence-corrected chi connectivity index (χ3v) is 5.25. The summed E-state index contributed by atoms with van der Waals surface area (Å²) in [7, 11) is 0. The largest absolute Gasteiger partial charge is 0.370 e. The van der Waals surface area contributed by atoms with Crippen LogP contribution in [0.15, 0.2) is 24.4 Å². The molecule has 7 heteroatoms. The maximum Gasteiger partial charge on any atom is 0.322 e. The van der Waals surface area contributed by atoms with E-state index >= 15 is 0 Å². The molecule has 0 radical (unpaired) electrons. The number of fused-ring (bicyclic) bond motifs is 1. The third kappa shape index (κ3) is 2.09. The van der Waals surface area contributed by atoms with Crippen molar-refractivity contribution in [2.24, 2.45) is 5.92 Å². The van der Waals surface area contributed by atoms with Crippen molar-refractivity contribution in [1.29, 1.82) is 0 Å². The van der Waals surface area contributed by atoms with E-state index in [0.29, 0.717) is 24.5 Å². The maximum atomic E-state index is 12.2. The van der Waals surface area contributed by atoms with Gasteiger partial charge in [-0.1, -0.05) is 18.5 Å². The molecule has 3 amide bonds. The Hall–Kier alpha value is -2.21. The number of carbonyl (C=O) groups is 2. The van der Waals surface area contributed by atoms with E-state index in [4.69, 9.17) is 11.6 Å². The Kier molecular flexibility index (Phi) is 3.06. The van der Waals surface area contributed by atoms with Gasteiger partial charge in [-0.25, -0.2) is 4.79 Å². The lowest BCUT2D eigenvalue weighted by atomic mass is 9.78. The molecule has 2 fully saturated rings. The number of halogens is 1. The van der Waals surface area contributed by atoms with Gasteiger partial charge in [-0.2, -0.15) is 0 Å². The number of anilines is 1. The number of amides is 3. The highest BCUT2D eigenvalue weighted by Gasteiger charge is 2.52. The van der Waals surface area contributed by atoms with E-state index in [0.717, 1.165) is 16.6 Å².